The molecular weight excluding hydrogens is 469 g/mol. The Balaban J connectivity index is 1.76. The Bertz CT molecular complexity index is 1340. The van der Waals surface area contributed by atoms with Gasteiger partial charge in [-0.05, 0) is 78.3 Å². The second-order valence-corrected chi connectivity index (χ2v) is 10.7. The Morgan fingerprint density at radius 1 is 0.865 bits per heavy atom. The van der Waals surface area contributed by atoms with Gasteiger partial charge in [0.15, 0.2) is 0 Å². The summed E-state index contributed by atoms with van der Waals surface area (Å²) in [6.45, 7) is 8.11. The summed E-state index contributed by atoms with van der Waals surface area (Å²) in [4.78, 5) is 39.0. The third-order valence-corrected chi connectivity index (χ3v) is 6.15. The quantitative estimate of drug-likeness (QED) is 0.387. The zero-order valence-corrected chi connectivity index (χ0v) is 21.6. The number of para-hydroxylation sites is 1. The van der Waals surface area contributed by atoms with E-state index >= 15 is 0 Å². The maximum absolute atomic E-state index is 15.0. The molecule has 0 radical (unpaired) electrons. The minimum atomic E-state index is -0.542. The standard InChI is InChI=1S/C30H32FN3O3/c1-18-24(15-20(16-26(18)31)28(36)33-22-11-12-22)23-13-10-19(27(35)32-17-30(2,3)4)14-25(23)29(37)34-21-8-6-5-7-9-21/h5-10,13-16,22H,11-12,17H2,1-4H3,(H,32,35)(H,33,36)(H,34,37). The molecule has 1 fully saturated rings. The van der Waals surface area contributed by atoms with E-state index in [0.717, 1.165) is 12.8 Å². The van der Waals surface area contributed by atoms with Crippen LogP contribution >= 0.6 is 0 Å². The van der Waals surface area contributed by atoms with Gasteiger partial charge in [-0.1, -0.05) is 45.0 Å². The largest absolute Gasteiger partial charge is 0.352 e. The molecule has 0 atom stereocenters. The Hall–Kier alpha value is -4.00. The molecular formula is C30H32FN3O3. The number of benzene rings is 3. The van der Waals surface area contributed by atoms with Gasteiger partial charge >= 0.3 is 0 Å². The molecule has 0 unspecified atom stereocenters. The number of carbonyl (C=O) groups is 3. The topological polar surface area (TPSA) is 87.3 Å². The van der Waals surface area contributed by atoms with Crippen LogP contribution in [0.4, 0.5) is 10.1 Å². The number of carbonyl (C=O) groups excluding carboxylic acids is 3. The van der Waals surface area contributed by atoms with E-state index in [2.05, 4.69) is 16.0 Å². The van der Waals surface area contributed by atoms with Crippen LogP contribution in [-0.2, 0) is 0 Å². The molecule has 6 nitrogen and oxygen atoms in total. The molecule has 1 aliphatic carbocycles. The summed E-state index contributed by atoms with van der Waals surface area (Å²) >= 11 is 0. The molecule has 0 aromatic heterocycles. The molecule has 37 heavy (non-hydrogen) atoms. The first kappa shape index (κ1) is 26.1. The maximum Gasteiger partial charge on any atom is 0.256 e. The number of anilines is 1. The average Bonchev–Trinajstić information content (AvgIpc) is 3.68. The molecule has 192 valence electrons. The van der Waals surface area contributed by atoms with Gasteiger partial charge in [-0.2, -0.15) is 0 Å². The average molecular weight is 502 g/mol. The van der Waals surface area contributed by atoms with Crippen LogP contribution in [0.25, 0.3) is 11.1 Å². The predicted molar refractivity (Wildman–Crippen MR) is 143 cm³/mol. The third-order valence-electron chi connectivity index (χ3n) is 6.15. The van der Waals surface area contributed by atoms with Crippen LogP contribution in [-0.4, -0.2) is 30.3 Å². The van der Waals surface area contributed by atoms with Crippen molar-refractivity contribution in [3.05, 3.63) is 88.7 Å². The molecule has 3 aromatic carbocycles. The fourth-order valence-electron chi connectivity index (χ4n) is 3.86. The van der Waals surface area contributed by atoms with Gasteiger partial charge in [-0.15, -0.1) is 0 Å². The van der Waals surface area contributed by atoms with E-state index in [1.807, 2.05) is 26.8 Å². The Morgan fingerprint density at radius 3 is 2.22 bits per heavy atom. The number of amides is 3. The van der Waals surface area contributed by atoms with E-state index in [4.69, 9.17) is 0 Å². The Labute approximate surface area is 216 Å². The summed E-state index contributed by atoms with van der Waals surface area (Å²) in [7, 11) is 0. The molecule has 3 N–H and O–H groups in total. The molecule has 7 heteroatoms. The van der Waals surface area contributed by atoms with Crippen molar-refractivity contribution in [1.82, 2.24) is 10.6 Å². The summed E-state index contributed by atoms with van der Waals surface area (Å²) in [6, 6.07) is 16.7. The monoisotopic (exact) mass is 501 g/mol. The first-order chi connectivity index (χ1) is 17.5. The SMILES string of the molecule is Cc1c(F)cc(C(=O)NC2CC2)cc1-c1ccc(C(=O)NCC(C)(C)C)cc1C(=O)Nc1ccccc1. The van der Waals surface area contributed by atoms with Crippen molar-refractivity contribution in [3.8, 4) is 11.1 Å². The van der Waals surface area contributed by atoms with Crippen molar-refractivity contribution < 1.29 is 18.8 Å². The van der Waals surface area contributed by atoms with Crippen LogP contribution in [0.3, 0.4) is 0 Å². The van der Waals surface area contributed by atoms with Gasteiger partial charge in [0.05, 0.1) is 0 Å². The van der Waals surface area contributed by atoms with Gasteiger partial charge in [0.1, 0.15) is 5.82 Å². The summed E-state index contributed by atoms with van der Waals surface area (Å²) in [6.07, 6.45) is 1.82. The summed E-state index contributed by atoms with van der Waals surface area (Å²) in [5.41, 5.74) is 2.33. The number of hydrogen-bond donors (Lipinski definition) is 3. The van der Waals surface area contributed by atoms with E-state index in [1.165, 1.54) is 12.1 Å². The van der Waals surface area contributed by atoms with Crippen molar-refractivity contribution in [2.24, 2.45) is 5.41 Å². The predicted octanol–water partition coefficient (Wildman–Crippen LogP) is 5.72. The normalized spacial score (nSPS) is 13.1. The molecule has 3 amide bonds. The van der Waals surface area contributed by atoms with Crippen molar-refractivity contribution in [3.63, 3.8) is 0 Å². The highest BCUT2D eigenvalue weighted by Crippen LogP contribution is 2.32. The molecule has 1 saturated carbocycles. The minimum absolute atomic E-state index is 0.112. The van der Waals surface area contributed by atoms with Gasteiger partial charge in [0, 0.05) is 35.0 Å². The fraction of sp³-hybridized carbons (Fsp3) is 0.300. The van der Waals surface area contributed by atoms with E-state index in [-0.39, 0.29) is 34.4 Å². The smallest absolute Gasteiger partial charge is 0.256 e. The second kappa shape index (κ2) is 10.5. The fourth-order valence-corrected chi connectivity index (χ4v) is 3.86. The summed E-state index contributed by atoms with van der Waals surface area (Å²) in [5, 5.41) is 8.63. The van der Waals surface area contributed by atoms with E-state index < -0.39 is 11.7 Å². The molecule has 3 aromatic rings. The van der Waals surface area contributed by atoms with Gasteiger partial charge in [0.25, 0.3) is 17.7 Å². The molecule has 0 heterocycles. The molecule has 1 aliphatic rings. The first-order valence-corrected chi connectivity index (χ1v) is 12.4. The van der Waals surface area contributed by atoms with Crippen molar-refractivity contribution >= 4 is 23.4 Å². The second-order valence-electron chi connectivity index (χ2n) is 10.7. The van der Waals surface area contributed by atoms with Gasteiger partial charge < -0.3 is 16.0 Å². The molecule has 0 bridgehead atoms. The number of rotatable bonds is 7. The highest BCUT2D eigenvalue weighted by molar-refractivity contribution is 6.11. The van der Waals surface area contributed by atoms with E-state index in [1.54, 1.807) is 49.4 Å². The van der Waals surface area contributed by atoms with Crippen LogP contribution in [0.1, 0.15) is 70.3 Å². The zero-order valence-electron chi connectivity index (χ0n) is 21.6. The van der Waals surface area contributed by atoms with E-state index in [0.29, 0.717) is 34.5 Å². The minimum Gasteiger partial charge on any atom is -0.352 e. The maximum atomic E-state index is 15.0. The van der Waals surface area contributed by atoms with E-state index in [9.17, 15) is 18.8 Å². The van der Waals surface area contributed by atoms with Crippen LogP contribution in [0, 0.1) is 18.2 Å². The lowest BCUT2D eigenvalue weighted by Crippen LogP contribution is -2.32. The van der Waals surface area contributed by atoms with Crippen molar-refractivity contribution in [1.29, 1.82) is 0 Å². The number of nitrogens with one attached hydrogen (secondary N) is 3. The lowest BCUT2D eigenvalue weighted by molar-refractivity contribution is 0.0935. The zero-order chi connectivity index (χ0) is 26.7. The highest BCUT2D eigenvalue weighted by Gasteiger charge is 2.26. The van der Waals surface area contributed by atoms with Gasteiger partial charge in [0.2, 0.25) is 0 Å². The lowest BCUT2D eigenvalue weighted by atomic mass is 9.91. The molecule has 0 saturated heterocycles. The molecule has 4 rings (SSSR count). The Kier molecular flexibility index (Phi) is 7.43. The number of hydrogen-bond acceptors (Lipinski definition) is 3. The first-order valence-electron chi connectivity index (χ1n) is 12.4. The molecule has 0 aliphatic heterocycles. The van der Waals surface area contributed by atoms with Crippen molar-refractivity contribution in [2.75, 3.05) is 11.9 Å². The molecule has 0 spiro atoms. The number of halogens is 1. The van der Waals surface area contributed by atoms with Crippen LogP contribution in [0.5, 0.6) is 0 Å². The van der Waals surface area contributed by atoms with Gasteiger partial charge in [-0.3, -0.25) is 14.4 Å². The summed E-state index contributed by atoms with van der Waals surface area (Å²) < 4.78 is 15.0. The highest BCUT2D eigenvalue weighted by atomic mass is 19.1. The Morgan fingerprint density at radius 2 is 1.57 bits per heavy atom. The van der Waals surface area contributed by atoms with Crippen LogP contribution in [0.15, 0.2) is 60.7 Å². The lowest BCUT2D eigenvalue weighted by Gasteiger charge is -2.19. The van der Waals surface area contributed by atoms with Crippen LogP contribution in [0.2, 0.25) is 0 Å². The van der Waals surface area contributed by atoms with Crippen molar-refractivity contribution in [2.45, 2.75) is 46.6 Å². The summed E-state index contributed by atoms with van der Waals surface area (Å²) in [5.74, 6) is -1.65. The van der Waals surface area contributed by atoms with Crippen LogP contribution < -0.4 is 16.0 Å². The third kappa shape index (κ3) is 6.61. The van der Waals surface area contributed by atoms with Gasteiger partial charge in [-0.25, -0.2) is 4.39 Å².